The normalized spacial score (nSPS) is 15.4. The third kappa shape index (κ3) is 4.33. The van der Waals surface area contributed by atoms with Crippen molar-refractivity contribution in [3.05, 3.63) is 59.7 Å². The quantitative estimate of drug-likeness (QED) is 0.626. The van der Waals surface area contributed by atoms with E-state index in [4.69, 9.17) is 9.84 Å². The molecule has 2 aliphatic carbocycles. The number of amides is 2. The monoisotopic (exact) mass is 436 g/mol. The second kappa shape index (κ2) is 9.02. The molecule has 0 radical (unpaired) electrons. The number of hydrogen-bond donors (Lipinski definition) is 2. The minimum atomic E-state index is -0.933. The number of nitrogens with one attached hydrogen (secondary N) is 1. The molecule has 1 saturated carbocycles. The largest absolute Gasteiger partial charge is 0.481 e. The van der Waals surface area contributed by atoms with E-state index in [2.05, 4.69) is 29.6 Å². The molecule has 2 aromatic rings. The van der Waals surface area contributed by atoms with Crippen LogP contribution < -0.4 is 5.32 Å². The van der Waals surface area contributed by atoms with Gasteiger partial charge in [-0.3, -0.25) is 9.59 Å². The van der Waals surface area contributed by atoms with E-state index in [1.54, 1.807) is 4.90 Å². The number of benzene rings is 2. The molecule has 2 aromatic carbocycles. The molecule has 2 aliphatic rings. The maximum Gasteiger partial charge on any atom is 0.407 e. The minimum absolute atomic E-state index is 0.0173. The van der Waals surface area contributed by atoms with E-state index in [-0.39, 0.29) is 37.9 Å². The van der Waals surface area contributed by atoms with Crippen molar-refractivity contribution >= 4 is 18.0 Å². The smallest absolute Gasteiger partial charge is 0.407 e. The summed E-state index contributed by atoms with van der Waals surface area (Å²) in [6.07, 6.45) is 0.729. The van der Waals surface area contributed by atoms with Gasteiger partial charge >= 0.3 is 12.1 Å². The van der Waals surface area contributed by atoms with Gasteiger partial charge in [-0.1, -0.05) is 48.5 Å². The Balaban J connectivity index is 1.33. The predicted octanol–water partition coefficient (Wildman–Crippen LogP) is 3.63. The van der Waals surface area contributed by atoms with Crippen molar-refractivity contribution in [1.82, 2.24) is 10.2 Å². The summed E-state index contributed by atoms with van der Waals surface area (Å²) in [7, 11) is 0. The first-order chi connectivity index (χ1) is 15.4. The van der Waals surface area contributed by atoms with E-state index < -0.39 is 17.5 Å². The topological polar surface area (TPSA) is 95.9 Å². The highest BCUT2D eigenvalue weighted by Crippen LogP contribution is 2.47. The van der Waals surface area contributed by atoms with Crippen molar-refractivity contribution in [3.8, 4) is 11.1 Å². The highest BCUT2D eigenvalue weighted by atomic mass is 16.5. The van der Waals surface area contributed by atoms with Crippen LogP contribution in [-0.4, -0.2) is 54.2 Å². The van der Waals surface area contributed by atoms with Crippen molar-refractivity contribution in [2.45, 2.75) is 32.1 Å². The fourth-order valence-corrected chi connectivity index (χ4v) is 4.48. The molecule has 0 heterocycles. The molecule has 7 heteroatoms. The zero-order valence-corrected chi connectivity index (χ0v) is 18.2. The molecule has 0 spiro atoms. The molecule has 0 bridgehead atoms. The van der Waals surface area contributed by atoms with Crippen LogP contribution in [-0.2, 0) is 14.3 Å². The molecule has 0 saturated heterocycles. The zero-order valence-electron chi connectivity index (χ0n) is 18.2. The second-order valence-corrected chi connectivity index (χ2v) is 8.49. The van der Waals surface area contributed by atoms with Crippen molar-refractivity contribution in [2.75, 3.05) is 26.2 Å². The minimum Gasteiger partial charge on any atom is -0.481 e. The third-order valence-electron chi connectivity index (χ3n) is 6.49. The number of carboxylic acid groups (broad SMARTS) is 1. The van der Waals surface area contributed by atoms with Gasteiger partial charge in [0.15, 0.2) is 0 Å². The average molecular weight is 437 g/mol. The standard InChI is InChI=1S/C25H28N2O5/c1-2-27(14-11-22(28)29)23(30)25(12-13-25)16-26-24(31)32-15-21-19-9-5-3-7-17(19)18-8-4-6-10-20(18)21/h3-10,21H,2,11-16H2,1H3,(H,26,31)(H,28,29). The Bertz CT molecular complexity index is 985. The summed E-state index contributed by atoms with van der Waals surface area (Å²) < 4.78 is 5.56. The predicted molar refractivity (Wildman–Crippen MR) is 119 cm³/mol. The molecule has 1 fully saturated rings. The molecule has 168 valence electrons. The summed E-state index contributed by atoms with van der Waals surface area (Å²) in [5.74, 6) is -1.05. The third-order valence-corrected chi connectivity index (χ3v) is 6.49. The summed E-state index contributed by atoms with van der Waals surface area (Å²) in [6, 6.07) is 16.3. The molecule has 0 aliphatic heterocycles. The molecule has 4 rings (SSSR count). The van der Waals surface area contributed by atoms with Gasteiger partial charge in [0.2, 0.25) is 5.91 Å². The lowest BCUT2D eigenvalue weighted by Gasteiger charge is -2.26. The van der Waals surface area contributed by atoms with E-state index >= 15 is 0 Å². The van der Waals surface area contributed by atoms with Crippen LogP contribution in [0.2, 0.25) is 0 Å². The summed E-state index contributed by atoms with van der Waals surface area (Å²) in [5, 5.41) is 11.7. The molecular weight excluding hydrogens is 408 g/mol. The molecule has 2 amide bonds. The Labute approximate surface area is 187 Å². The summed E-state index contributed by atoms with van der Waals surface area (Å²) >= 11 is 0. The molecular formula is C25H28N2O5. The number of fused-ring (bicyclic) bond motifs is 3. The SMILES string of the molecule is CCN(CCC(=O)O)C(=O)C1(CNC(=O)OCC2c3ccccc3-c3ccccc32)CC1. The first-order valence-electron chi connectivity index (χ1n) is 11.1. The molecule has 2 N–H and O–H groups in total. The molecule has 32 heavy (non-hydrogen) atoms. The highest BCUT2D eigenvalue weighted by Gasteiger charge is 2.51. The zero-order chi connectivity index (χ0) is 22.7. The number of nitrogens with zero attached hydrogens (tertiary/aromatic N) is 1. The Kier molecular flexibility index (Phi) is 6.17. The van der Waals surface area contributed by atoms with Crippen molar-refractivity contribution in [1.29, 1.82) is 0 Å². The van der Waals surface area contributed by atoms with Crippen LogP contribution >= 0.6 is 0 Å². The van der Waals surface area contributed by atoms with Gasteiger partial charge in [0, 0.05) is 25.6 Å². The number of carbonyl (C=O) groups is 3. The first-order valence-corrected chi connectivity index (χ1v) is 11.1. The van der Waals surface area contributed by atoms with Gasteiger partial charge in [-0.05, 0) is 42.0 Å². The lowest BCUT2D eigenvalue weighted by atomic mass is 9.98. The van der Waals surface area contributed by atoms with Crippen LogP contribution in [0.3, 0.4) is 0 Å². The van der Waals surface area contributed by atoms with Gasteiger partial charge in [-0.2, -0.15) is 0 Å². The van der Waals surface area contributed by atoms with Crippen LogP contribution in [0.15, 0.2) is 48.5 Å². The van der Waals surface area contributed by atoms with E-state index in [0.717, 1.165) is 11.1 Å². The number of hydrogen-bond acceptors (Lipinski definition) is 4. The number of aliphatic carboxylic acids is 1. The number of rotatable bonds is 9. The molecule has 7 nitrogen and oxygen atoms in total. The van der Waals surface area contributed by atoms with Crippen molar-refractivity contribution in [3.63, 3.8) is 0 Å². The van der Waals surface area contributed by atoms with Crippen molar-refractivity contribution in [2.24, 2.45) is 5.41 Å². The molecule has 0 aromatic heterocycles. The van der Waals surface area contributed by atoms with Crippen LogP contribution in [0.4, 0.5) is 4.79 Å². The maximum atomic E-state index is 12.9. The van der Waals surface area contributed by atoms with Crippen LogP contribution in [0.1, 0.15) is 43.2 Å². The van der Waals surface area contributed by atoms with Crippen LogP contribution in [0.5, 0.6) is 0 Å². The van der Waals surface area contributed by atoms with Gasteiger partial charge in [0.25, 0.3) is 0 Å². The Morgan fingerprint density at radius 3 is 2.19 bits per heavy atom. The van der Waals surface area contributed by atoms with Gasteiger partial charge in [0.05, 0.1) is 11.8 Å². The van der Waals surface area contributed by atoms with E-state index in [1.165, 1.54) is 11.1 Å². The number of carboxylic acids is 1. The fraction of sp³-hybridized carbons (Fsp3) is 0.400. The van der Waals surface area contributed by atoms with Gasteiger partial charge in [0.1, 0.15) is 6.61 Å². The van der Waals surface area contributed by atoms with Gasteiger partial charge < -0.3 is 20.1 Å². The van der Waals surface area contributed by atoms with E-state index in [9.17, 15) is 14.4 Å². The maximum absolute atomic E-state index is 12.9. The lowest BCUT2D eigenvalue weighted by molar-refractivity contribution is -0.140. The highest BCUT2D eigenvalue weighted by molar-refractivity contribution is 5.86. The Hall–Kier alpha value is -3.35. The fourth-order valence-electron chi connectivity index (χ4n) is 4.48. The average Bonchev–Trinajstić information content (AvgIpc) is 3.53. The van der Waals surface area contributed by atoms with Gasteiger partial charge in [-0.25, -0.2) is 4.79 Å². The Morgan fingerprint density at radius 2 is 1.66 bits per heavy atom. The van der Waals surface area contributed by atoms with Crippen molar-refractivity contribution < 1.29 is 24.2 Å². The Morgan fingerprint density at radius 1 is 1.06 bits per heavy atom. The van der Waals surface area contributed by atoms with Crippen LogP contribution in [0.25, 0.3) is 11.1 Å². The summed E-state index contributed by atoms with van der Waals surface area (Å²) in [6.45, 7) is 2.87. The number of ether oxygens (including phenoxy) is 1. The number of carbonyl (C=O) groups excluding carboxylic acids is 2. The first kappa shape index (κ1) is 21.9. The lowest BCUT2D eigenvalue weighted by Crippen LogP contribution is -2.43. The number of alkyl carbamates (subject to hydrolysis) is 1. The van der Waals surface area contributed by atoms with E-state index in [1.807, 2.05) is 31.2 Å². The molecule has 0 unspecified atom stereocenters. The summed E-state index contributed by atoms with van der Waals surface area (Å²) in [5.41, 5.74) is 3.99. The van der Waals surface area contributed by atoms with E-state index in [0.29, 0.717) is 19.4 Å². The van der Waals surface area contributed by atoms with Crippen LogP contribution in [0, 0.1) is 5.41 Å². The second-order valence-electron chi connectivity index (χ2n) is 8.49. The molecule has 0 atom stereocenters. The summed E-state index contributed by atoms with van der Waals surface area (Å²) in [4.78, 5) is 37.7. The van der Waals surface area contributed by atoms with Gasteiger partial charge in [-0.15, -0.1) is 0 Å².